The fraction of sp³-hybridized carbons (Fsp3) is 0.111. The van der Waals surface area contributed by atoms with Gasteiger partial charge in [0.05, 0.1) is 18.0 Å². The summed E-state index contributed by atoms with van der Waals surface area (Å²) in [5.41, 5.74) is 11.7. The molecule has 24 heavy (non-hydrogen) atoms. The van der Waals surface area contributed by atoms with E-state index in [9.17, 15) is 0 Å². The van der Waals surface area contributed by atoms with E-state index in [1.165, 1.54) is 6.33 Å². The summed E-state index contributed by atoms with van der Waals surface area (Å²) >= 11 is 0. The summed E-state index contributed by atoms with van der Waals surface area (Å²) in [6.45, 7) is 2.37. The Morgan fingerprint density at radius 1 is 0.958 bits per heavy atom. The highest BCUT2D eigenvalue weighted by Crippen LogP contribution is 2.30. The lowest BCUT2D eigenvalue weighted by molar-refractivity contribution is 0.328. The summed E-state index contributed by atoms with van der Waals surface area (Å²) in [5, 5.41) is 1.91. The van der Waals surface area contributed by atoms with Crippen molar-refractivity contribution in [3.63, 3.8) is 0 Å². The zero-order valence-corrected chi connectivity index (χ0v) is 13.4. The Balaban J connectivity index is 1.98. The van der Waals surface area contributed by atoms with Gasteiger partial charge in [-0.1, -0.05) is 36.4 Å². The molecule has 0 aliphatic carbocycles. The highest BCUT2D eigenvalue weighted by molar-refractivity contribution is 5.73. The van der Waals surface area contributed by atoms with E-state index >= 15 is 0 Å². The molecule has 0 unspecified atom stereocenters. The molecule has 122 valence electrons. The highest BCUT2D eigenvalue weighted by atomic mass is 16.5. The number of aromatic nitrogens is 2. The molecule has 6 nitrogen and oxygen atoms in total. The first-order chi connectivity index (χ1) is 11.8. The minimum atomic E-state index is 0.371. The third kappa shape index (κ3) is 3.38. The van der Waals surface area contributed by atoms with Crippen LogP contribution in [0.15, 0.2) is 67.0 Å². The summed E-state index contributed by atoms with van der Waals surface area (Å²) in [5.74, 6) is 0.859. The second kappa shape index (κ2) is 7.32. The van der Waals surface area contributed by atoms with E-state index in [0.29, 0.717) is 24.0 Å². The van der Waals surface area contributed by atoms with Crippen molar-refractivity contribution in [2.45, 2.75) is 6.92 Å². The van der Waals surface area contributed by atoms with Gasteiger partial charge in [-0.05, 0) is 31.2 Å². The van der Waals surface area contributed by atoms with Crippen LogP contribution in [0.2, 0.25) is 0 Å². The van der Waals surface area contributed by atoms with Gasteiger partial charge >= 0.3 is 0 Å². The molecule has 6 heteroatoms. The summed E-state index contributed by atoms with van der Waals surface area (Å²) in [7, 11) is 0. The van der Waals surface area contributed by atoms with Gasteiger partial charge in [0, 0.05) is 0 Å². The molecule has 0 radical (unpaired) electrons. The van der Waals surface area contributed by atoms with Gasteiger partial charge in [-0.15, -0.1) is 0 Å². The monoisotopic (exact) mass is 321 g/mol. The van der Waals surface area contributed by atoms with Crippen LogP contribution in [0.1, 0.15) is 6.92 Å². The molecule has 0 saturated carbocycles. The van der Waals surface area contributed by atoms with Gasteiger partial charge in [0.2, 0.25) is 5.88 Å². The summed E-state index contributed by atoms with van der Waals surface area (Å²) in [6, 6.07) is 19.8. The molecule has 0 bridgehead atoms. The lowest BCUT2D eigenvalue weighted by Gasteiger charge is -2.26. The molecule has 0 fully saturated rings. The Bertz CT molecular complexity index is 740. The number of nitrogens with zero attached hydrogens (tertiary/aromatic N) is 3. The quantitative estimate of drug-likeness (QED) is 0.675. The van der Waals surface area contributed by atoms with E-state index < -0.39 is 0 Å². The maximum Gasteiger partial charge on any atom is 0.242 e. The number of anilines is 4. The smallest absolute Gasteiger partial charge is 0.242 e. The lowest BCUT2D eigenvalue weighted by atomic mass is 10.2. The molecular formula is C18H19N5O. The van der Waals surface area contributed by atoms with Gasteiger partial charge in [-0.2, -0.15) is 4.98 Å². The highest BCUT2D eigenvalue weighted by Gasteiger charge is 2.14. The first-order valence-electron chi connectivity index (χ1n) is 7.69. The van der Waals surface area contributed by atoms with Gasteiger partial charge in [0.1, 0.15) is 12.0 Å². The van der Waals surface area contributed by atoms with Gasteiger partial charge in [0.15, 0.2) is 5.82 Å². The van der Waals surface area contributed by atoms with E-state index in [2.05, 4.69) is 15.4 Å². The molecule has 0 amide bonds. The SMILES string of the molecule is CCOc1ncnc(NN(c2ccccc2)c2ccccc2)c1N. The Hall–Kier alpha value is -3.28. The van der Waals surface area contributed by atoms with Crippen LogP contribution < -0.4 is 20.9 Å². The minimum Gasteiger partial charge on any atom is -0.476 e. The van der Waals surface area contributed by atoms with Crippen LogP contribution in [0.4, 0.5) is 22.9 Å². The third-order valence-electron chi connectivity index (χ3n) is 3.37. The maximum absolute atomic E-state index is 6.13. The Morgan fingerprint density at radius 2 is 1.54 bits per heavy atom. The maximum atomic E-state index is 6.13. The largest absolute Gasteiger partial charge is 0.476 e. The van der Waals surface area contributed by atoms with Gasteiger partial charge in [0.25, 0.3) is 0 Å². The number of para-hydroxylation sites is 2. The predicted molar refractivity (Wildman–Crippen MR) is 96.3 cm³/mol. The van der Waals surface area contributed by atoms with Crippen molar-refractivity contribution in [1.29, 1.82) is 0 Å². The second-order valence-electron chi connectivity index (χ2n) is 4.99. The van der Waals surface area contributed by atoms with E-state index in [1.807, 2.05) is 72.6 Å². The number of rotatable bonds is 6. The van der Waals surface area contributed by atoms with Crippen LogP contribution in [0, 0.1) is 0 Å². The predicted octanol–water partition coefficient (Wildman–Crippen LogP) is 3.62. The van der Waals surface area contributed by atoms with E-state index in [1.54, 1.807) is 0 Å². The van der Waals surface area contributed by atoms with Crippen LogP contribution in [-0.2, 0) is 0 Å². The van der Waals surface area contributed by atoms with Gasteiger partial charge in [-0.3, -0.25) is 10.4 Å². The fourth-order valence-corrected chi connectivity index (χ4v) is 2.26. The molecule has 0 spiro atoms. The first kappa shape index (κ1) is 15.6. The minimum absolute atomic E-state index is 0.371. The Morgan fingerprint density at radius 3 is 2.08 bits per heavy atom. The average molecular weight is 321 g/mol. The number of hydrogen-bond acceptors (Lipinski definition) is 6. The molecule has 1 heterocycles. The number of nitrogens with one attached hydrogen (secondary N) is 1. The summed E-state index contributed by atoms with van der Waals surface area (Å²) in [4.78, 5) is 8.31. The van der Waals surface area contributed by atoms with Crippen LogP contribution in [-0.4, -0.2) is 16.6 Å². The standard InChI is InChI=1S/C18H19N5O/c1-2-24-18-16(19)17(20-13-21-18)22-23(14-9-5-3-6-10-14)15-11-7-4-8-12-15/h3-13H,2,19H2,1H3,(H,20,21,22). The van der Waals surface area contributed by atoms with Crippen LogP contribution >= 0.6 is 0 Å². The normalized spacial score (nSPS) is 10.2. The van der Waals surface area contributed by atoms with Crippen molar-refractivity contribution >= 4 is 22.9 Å². The van der Waals surface area contributed by atoms with Crippen LogP contribution in [0.3, 0.4) is 0 Å². The van der Waals surface area contributed by atoms with Crippen LogP contribution in [0.5, 0.6) is 5.88 Å². The Labute approximate surface area is 140 Å². The molecule has 0 saturated heterocycles. The molecule has 3 rings (SSSR count). The molecule has 3 N–H and O–H groups in total. The van der Waals surface area contributed by atoms with Gasteiger partial charge in [-0.25, -0.2) is 4.98 Å². The summed E-state index contributed by atoms with van der Waals surface area (Å²) in [6.07, 6.45) is 1.43. The summed E-state index contributed by atoms with van der Waals surface area (Å²) < 4.78 is 5.44. The third-order valence-corrected chi connectivity index (χ3v) is 3.37. The zero-order valence-electron chi connectivity index (χ0n) is 13.4. The number of ether oxygens (including phenoxy) is 1. The van der Waals surface area contributed by atoms with Crippen molar-refractivity contribution in [3.05, 3.63) is 67.0 Å². The zero-order chi connectivity index (χ0) is 16.8. The van der Waals surface area contributed by atoms with Gasteiger partial charge < -0.3 is 10.5 Å². The molecule has 2 aromatic carbocycles. The fourth-order valence-electron chi connectivity index (χ4n) is 2.26. The lowest BCUT2D eigenvalue weighted by Crippen LogP contribution is -2.25. The van der Waals surface area contributed by atoms with E-state index in [-0.39, 0.29) is 0 Å². The molecule has 0 atom stereocenters. The van der Waals surface area contributed by atoms with Crippen molar-refractivity contribution < 1.29 is 4.74 Å². The number of nitrogen functional groups attached to an aromatic ring is 1. The Kier molecular flexibility index (Phi) is 4.76. The molecule has 1 aromatic heterocycles. The first-order valence-corrected chi connectivity index (χ1v) is 7.69. The van der Waals surface area contributed by atoms with Crippen LogP contribution in [0.25, 0.3) is 0 Å². The van der Waals surface area contributed by atoms with Crippen molar-refractivity contribution in [3.8, 4) is 5.88 Å². The molecular weight excluding hydrogens is 302 g/mol. The van der Waals surface area contributed by atoms with E-state index in [0.717, 1.165) is 11.4 Å². The molecule has 3 aromatic rings. The number of nitrogens with two attached hydrogens (primary N) is 1. The van der Waals surface area contributed by atoms with Crippen molar-refractivity contribution in [2.24, 2.45) is 0 Å². The molecule has 0 aliphatic rings. The second-order valence-corrected chi connectivity index (χ2v) is 4.99. The van der Waals surface area contributed by atoms with E-state index in [4.69, 9.17) is 10.5 Å². The number of benzene rings is 2. The number of hydrazine groups is 1. The number of hydrogen-bond donors (Lipinski definition) is 2. The average Bonchev–Trinajstić information content (AvgIpc) is 2.64. The molecule has 0 aliphatic heterocycles. The van der Waals surface area contributed by atoms with Crippen molar-refractivity contribution in [2.75, 3.05) is 22.8 Å². The topological polar surface area (TPSA) is 76.3 Å². The van der Waals surface area contributed by atoms with Crippen molar-refractivity contribution in [1.82, 2.24) is 9.97 Å².